The maximum Gasteiger partial charge on any atom is 0.265 e. The van der Waals surface area contributed by atoms with E-state index in [1.165, 1.54) is 7.28 Å². The quantitative estimate of drug-likeness (QED) is 0.459. The Morgan fingerprint density at radius 1 is 1.64 bits per heavy atom. The van der Waals surface area contributed by atoms with Crippen LogP contribution in [0.25, 0.3) is 0 Å². The second kappa shape index (κ2) is 4.22. The van der Waals surface area contributed by atoms with Crippen LogP contribution in [0.3, 0.4) is 0 Å². The van der Waals surface area contributed by atoms with Crippen LogP contribution >= 0.6 is 0 Å². The van der Waals surface area contributed by atoms with Crippen LogP contribution in [0.2, 0.25) is 6.32 Å². The van der Waals surface area contributed by atoms with Gasteiger partial charge in [-0.05, 0) is 20.8 Å². The Labute approximate surface area is 68.9 Å². The Morgan fingerprint density at radius 2 is 2.18 bits per heavy atom. The molecule has 0 bridgehead atoms. The van der Waals surface area contributed by atoms with Gasteiger partial charge in [-0.3, -0.25) is 4.79 Å². The Morgan fingerprint density at radius 3 is 2.55 bits per heavy atom. The fourth-order valence-electron chi connectivity index (χ4n) is 0.523. The summed E-state index contributed by atoms with van der Waals surface area (Å²) in [5.74, 6) is -0.280. The molecule has 0 saturated carbocycles. The molecule has 0 aliphatic carbocycles. The van der Waals surface area contributed by atoms with Crippen molar-refractivity contribution in [2.24, 2.45) is 0 Å². The zero-order chi connectivity index (χ0) is 8.91. The summed E-state index contributed by atoms with van der Waals surface area (Å²) < 4.78 is 5.00. The van der Waals surface area contributed by atoms with Crippen LogP contribution in [0.4, 0.5) is 4.79 Å². The van der Waals surface area contributed by atoms with Crippen LogP contribution in [0.5, 0.6) is 0 Å². The van der Waals surface area contributed by atoms with Gasteiger partial charge in [0, 0.05) is 0 Å². The molecule has 0 aromatic rings. The van der Waals surface area contributed by atoms with E-state index in [1.807, 2.05) is 20.8 Å². The lowest BCUT2D eigenvalue weighted by atomic mass is 9.75. The standard InChI is InChI=1S/C8H14BO2/c1-5-6-9-7(10)11-8(2,3)4/h5H,1,6H2,2-4H3. The number of hydrogen-bond acceptors (Lipinski definition) is 2. The molecule has 0 spiro atoms. The summed E-state index contributed by atoms with van der Waals surface area (Å²) in [6.07, 6.45) is 2.22. The van der Waals surface area contributed by atoms with Gasteiger partial charge in [-0.15, -0.1) is 6.58 Å². The van der Waals surface area contributed by atoms with Crippen molar-refractivity contribution in [1.82, 2.24) is 0 Å². The molecule has 0 aliphatic rings. The third kappa shape index (κ3) is 7.17. The molecule has 0 aromatic heterocycles. The predicted molar refractivity (Wildman–Crippen MR) is 47.0 cm³/mol. The topological polar surface area (TPSA) is 26.3 Å². The molecule has 0 fully saturated rings. The lowest BCUT2D eigenvalue weighted by Crippen LogP contribution is -2.25. The minimum absolute atomic E-state index is 0.280. The van der Waals surface area contributed by atoms with Gasteiger partial charge in [0.1, 0.15) is 5.60 Å². The Bertz CT molecular complexity index is 147. The van der Waals surface area contributed by atoms with E-state index in [9.17, 15) is 4.79 Å². The molecule has 0 amide bonds. The molecular formula is C8H14BO2. The van der Waals surface area contributed by atoms with E-state index in [-0.39, 0.29) is 5.87 Å². The number of allylic oxidation sites excluding steroid dienone is 1. The number of hydrogen-bond donors (Lipinski definition) is 0. The van der Waals surface area contributed by atoms with Crippen LogP contribution in [-0.2, 0) is 4.74 Å². The van der Waals surface area contributed by atoms with Crippen molar-refractivity contribution >= 4 is 13.1 Å². The van der Waals surface area contributed by atoms with Gasteiger partial charge in [0.15, 0.2) is 0 Å². The molecule has 11 heavy (non-hydrogen) atoms. The molecule has 61 valence electrons. The Kier molecular flexibility index (Phi) is 3.94. The molecule has 0 atom stereocenters. The van der Waals surface area contributed by atoms with Crippen LogP contribution in [-0.4, -0.2) is 18.7 Å². The van der Waals surface area contributed by atoms with Gasteiger partial charge in [0.2, 0.25) is 5.87 Å². The second-order valence-corrected chi connectivity index (χ2v) is 3.26. The van der Waals surface area contributed by atoms with Crippen LogP contribution in [0, 0.1) is 0 Å². The Hall–Kier alpha value is -0.725. The fourth-order valence-corrected chi connectivity index (χ4v) is 0.523. The van der Waals surface area contributed by atoms with Gasteiger partial charge < -0.3 is 4.74 Å². The van der Waals surface area contributed by atoms with Crippen LogP contribution in [0.15, 0.2) is 12.7 Å². The molecular weight excluding hydrogens is 139 g/mol. The summed E-state index contributed by atoms with van der Waals surface area (Å²) in [6.45, 7) is 9.01. The summed E-state index contributed by atoms with van der Waals surface area (Å²) in [5.41, 5.74) is -0.394. The predicted octanol–water partition coefficient (Wildman–Crippen LogP) is 2.23. The number of carbonyl (C=O) groups is 1. The first kappa shape index (κ1) is 10.3. The molecule has 2 nitrogen and oxygen atoms in total. The number of carbonyl (C=O) groups excluding carboxylic acids is 1. The lowest BCUT2D eigenvalue weighted by Gasteiger charge is -2.19. The highest BCUT2D eigenvalue weighted by Gasteiger charge is 2.15. The molecule has 1 radical (unpaired) electrons. The van der Waals surface area contributed by atoms with Gasteiger partial charge in [-0.1, -0.05) is 12.4 Å². The van der Waals surface area contributed by atoms with Crippen LogP contribution < -0.4 is 0 Å². The third-order valence-electron chi connectivity index (χ3n) is 0.858. The molecule has 0 rings (SSSR count). The molecule has 3 heteroatoms. The summed E-state index contributed by atoms with van der Waals surface area (Å²) in [7, 11) is 1.47. The van der Waals surface area contributed by atoms with Crippen molar-refractivity contribution in [1.29, 1.82) is 0 Å². The van der Waals surface area contributed by atoms with E-state index in [2.05, 4.69) is 6.58 Å². The summed E-state index contributed by atoms with van der Waals surface area (Å²) >= 11 is 0. The first-order valence-corrected chi connectivity index (χ1v) is 3.63. The zero-order valence-electron chi connectivity index (χ0n) is 7.39. The monoisotopic (exact) mass is 153 g/mol. The van der Waals surface area contributed by atoms with Crippen molar-refractivity contribution in [3.05, 3.63) is 12.7 Å². The molecule has 0 saturated heterocycles. The largest absolute Gasteiger partial charge is 0.468 e. The van der Waals surface area contributed by atoms with Gasteiger partial charge in [0.25, 0.3) is 7.28 Å². The van der Waals surface area contributed by atoms with Crippen molar-refractivity contribution in [3.8, 4) is 0 Å². The van der Waals surface area contributed by atoms with E-state index >= 15 is 0 Å². The highest BCUT2D eigenvalue weighted by Crippen LogP contribution is 2.07. The van der Waals surface area contributed by atoms with E-state index in [4.69, 9.17) is 4.74 Å². The molecule has 0 aliphatic heterocycles. The highest BCUT2D eigenvalue weighted by atomic mass is 16.5. The minimum atomic E-state index is -0.394. The minimum Gasteiger partial charge on any atom is -0.468 e. The summed E-state index contributed by atoms with van der Waals surface area (Å²) in [5, 5.41) is 0. The average molecular weight is 153 g/mol. The maximum absolute atomic E-state index is 10.9. The van der Waals surface area contributed by atoms with Crippen LogP contribution in [0.1, 0.15) is 20.8 Å². The van der Waals surface area contributed by atoms with E-state index in [1.54, 1.807) is 6.08 Å². The first-order chi connectivity index (χ1) is 4.95. The van der Waals surface area contributed by atoms with Crippen molar-refractivity contribution in [2.45, 2.75) is 32.7 Å². The first-order valence-electron chi connectivity index (χ1n) is 3.63. The van der Waals surface area contributed by atoms with Crippen molar-refractivity contribution in [2.75, 3.05) is 0 Å². The molecule has 0 unspecified atom stereocenters. The second-order valence-electron chi connectivity index (χ2n) is 3.26. The smallest absolute Gasteiger partial charge is 0.265 e. The van der Waals surface area contributed by atoms with E-state index in [0.29, 0.717) is 6.32 Å². The molecule has 0 N–H and O–H groups in total. The van der Waals surface area contributed by atoms with E-state index in [0.717, 1.165) is 0 Å². The third-order valence-corrected chi connectivity index (χ3v) is 0.858. The van der Waals surface area contributed by atoms with E-state index < -0.39 is 5.60 Å². The Balaban J connectivity index is 3.61. The molecule has 0 heterocycles. The highest BCUT2D eigenvalue weighted by molar-refractivity contribution is 6.72. The SMILES string of the molecule is C=CC[B]C(=O)OC(C)(C)C. The normalized spacial score (nSPS) is 10.5. The van der Waals surface area contributed by atoms with Crippen molar-refractivity contribution in [3.63, 3.8) is 0 Å². The fraction of sp³-hybridized carbons (Fsp3) is 0.625. The average Bonchev–Trinajstić information content (AvgIpc) is 1.79. The lowest BCUT2D eigenvalue weighted by molar-refractivity contribution is 0.0717. The maximum atomic E-state index is 10.9. The van der Waals surface area contributed by atoms with Crippen molar-refractivity contribution < 1.29 is 9.53 Å². The number of rotatable bonds is 3. The summed E-state index contributed by atoms with van der Waals surface area (Å²) in [6, 6.07) is 0. The summed E-state index contributed by atoms with van der Waals surface area (Å²) in [4.78, 5) is 10.9. The number of ether oxygens (including phenoxy) is 1. The van der Waals surface area contributed by atoms with Gasteiger partial charge >= 0.3 is 0 Å². The van der Waals surface area contributed by atoms with Gasteiger partial charge in [0.05, 0.1) is 0 Å². The van der Waals surface area contributed by atoms with Gasteiger partial charge in [-0.2, -0.15) is 0 Å². The van der Waals surface area contributed by atoms with Gasteiger partial charge in [-0.25, -0.2) is 0 Å². The zero-order valence-corrected chi connectivity index (χ0v) is 7.39. The molecule has 0 aromatic carbocycles.